The van der Waals surface area contributed by atoms with Crippen LogP contribution in [0.3, 0.4) is 0 Å². The Morgan fingerprint density at radius 2 is 2.45 bits per heavy atom. The number of nitrogens with two attached hydrogens (primary N) is 1. The maximum Gasteiger partial charge on any atom is 0.189 e. The molecule has 0 saturated heterocycles. The molecule has 1 aliphatic rings. The van der Waals surface area contributed by atoms with E-state index < -0.39 is 0 Å². The molecule has 1 fully saturated rings. The third-order valence-electron chi connectivity index (χ3n) is 3.63. The zero-order chi connectivity index (χ0) is 14.4. The topological polar surface area (TPSA) is 83.5 Å². The van der Waals surface area contributed by atoms with Crippen LogP contribution < -0.4 is 11.1 Å². The van der Waals surface area contributed by atoms with Gasteiger partial charge in [-0.1, -0.05) is 24.6 Å². The van der Waals surface area contributed by atoms with Gasteiger partial charge in [-0.3, -0.25) is 4.98 Å². The molecule has 20 heavy (non-hydrogen) atoms. The van der Waals surface area contributed by atoms with Crippen LogP contribution >= 0.6 is 11.8 Å². The van der Waals surface area contributed by atoms with Crippen molar-refractivity contribution in [1.29, 1.82) is 0 Å². The Morgan fingerprint density at radius 3 is 3.20 bits per heavy atom. The second kappa shape index (κ2) is 7.50. The first kappa shape index (κ1) is 15.1. The molecular formula is C14H22N4OS. The average molecular weight is 294 g/mol. The Labute approximate surface area is 124 Å². The summed E-state index contributed by atoms with van der Waals surface area (Å²) in [7, 11) is 0. The van der Waals surface area contributed by atoms with Crippen molar-refractivity contribution in [2.24, 2.45) is 10.9 Å². The zero-order valence-electron chi connectivity index (χ0n) is 11.7. The van der Waals surface area contributed by atoms with E-state index in [1.54, 1.807) is 6.20 Å². The van der Waals surface area contributed by atoms with Crippen LogP contribution in [0.2, 0.25) is 0 Å². The molecule has 0 spiro atoms. The molecular weight excluding hydrogens is 272 g/mol. The molecule has 2 atom stereocenters. The first-order valence-electron chi connectivity index (χ1n) is 7.03. The number of hydrogen-bond donors (Lipinski definition) is 3. The van der Waals surface area contributed by atoms with Gasteiger partial charge in [-0.25, -0.2) is 0 Å². The molecule has 1 aliphatic carbocycles. The predicted octanol–water partition coefficient (Wildman–Crippen LogP) is 1.94. The summed E-state index contributed by atoms with van der Waals surface area (Å²) in [6.07, 6.45) is 5.45. The fourth-order valence-corrected chi connectivity index (χ4v) is 3.90. The summed E-state index contributed by atoms with van der Waals surface area (Å²) in [6, 6.07) is 4.38. The summed E-state index contributed by atoms with van der Waals surface area (Å²) in [6.45, 7) is 2.91. The van der Waals surface area contributed by atoms with E-state index in [1.165, 1.54) is 19.3 Å². The largest absolute Gasteiger partial charge is 0.409 e. The molecule has 2 rings (SSSR count). The lowest BCUT2D eigenvalue weighted by molar-refractivity contribution is 0.318. The van der Waals surface area contributed by atoms with Gasteiger partial charge in [-0.05, 0) is 30.2 Å². The molecule has 0 aromatic carbocycles. The van der Waals surface area contributed by atoms with Crippen LogP contribution in [0, 0.1) is 0 Å². The lowest BCUT2D eigenvalue weighted by Crippen LogP contribution is -2.34. The van der Waals surface area contributed by atoms with Gasteiger partial charge < -0.3 is 16.3 Å². The van der Waals surface area contributed by atoms with E-state index in [0.717, 1.165) is 11.3 Å². The maximum atomic E-state index is 8.80. The normalized spacial score (nSPS) is 23.1. The lowest BCUT2D eigenvalue weighted by atomic mass is 10.1. The predicted molar refractivity (Wildman–Crippen MR) is 83.1 cm³/mol. The Hall–Kier alpha value is -1.27. The minimum atomic E-state index is 0.0632. The molecule has 110 valence electrons. The molecule has 1 aromatic heterocycles. The van der Waals surface area contributed by atoms with Crippen molar-refractivity contribution >= 4 is 17.6 Å². The third-order valence-corrected chi connectivity index (χ3v) is 4.96. The van der Waals surface area contributed by atoms with Crippen molar-refractivity contribution in [3.63, 3.8) is 0 Å². The van der Waals surface area contributed by atoms with Crippen LogP contribution in [0.15, 0.2) is 23.5 Å². The van der Waals surface area contributed by atoms with Crippen LogP contribution in [-0.2, 0) is 6.54 Å². The lowest BCUT2D eigenvalue weighted by Gasteiger charge is -2.20. The first-order chi connectivity index (χ1) is 9.76. The third kappa shape index (κ3) is 3.64. The fraction of sp³-hybridized carbons (Fsp3) is 0.571. The second-order valence-electron chi connectivity index (χ2n) is 4.91. The van der Waals surface area contributed by atoms with E-state index in [-0.39, 0.29) is 5.84 Å². The second-order valence-corrected chi connectivity index (χ2v) is 6.42. The molecule has 4 N–H and O–H groups in total. The van der Waals surface area contributed by atoms with Gasteiger partial charge in [0.25, 0.3) is 0 Å². The molecule has 0 bridgehead atoms. The van der Waals surface area contributed by atoms with E-state index in [9.17, 15) is 0 Å². The number of nitrogens with one attached hydrogen (secondary N) is 1. The van der Waals surface area contributed by atoms with Crippen LogP contribution in [0.1, 0.15) is 37.4 Å². The Morgan fingerprint density at radius 1 is 1.60 bits per heavy atom. The van der Waals surface area contributed by atoms with E-state index in [1.807, 2.05) is 23.9 Å². The highest BCUT2D eigenvalue weighted by Gasteiger charge is 2.26. The summed E-state index contributed by atoms with van der Waals surface area (Å²) < 4.78 is 0. The number of oxime groups is 1. The summed E-state index contributed by atoms with van der Waals surface area (Å²) in [5.74, 6) is 1.22. The SMILES string of the molecule is CCSC1CCCC1NCc1cccnc1/C(N)=N/O. The number of pyridine rings is 1. The highest BCUT2D eigenvalue weighted by Crippen LogP contribution is 2.30. The van der Waals surface area contributed by atoms with Crippen molar-refractivity contribution in [3.8, 4) is 0 Å². The van der Waals surface area contributed by atoms with Gasteiger partial charge in [0.15, 0.2) is 5.84 Å². The Kier molecular flexibility index (Phi) is 5.67. The summed E-state index contributed by atoms with van der Waals surface area (Å²) in [5.41, 5.74) is 7.18. The highest BCUT2D eigenvalue weighted by atomic mass is 32.2. The van der Waals surface area contributed by atoms with Gasteiger partial charge in [-0.2, -0.15) is 11.8 Å². The molecule has 1 aromatic rings. The average Bonchev–Trinajstić information content (AvgIpc) is 2.92. The zero-order valence-corrected chi connectivity index (χ0v) is 12.6. The standard InChI is InChI=1S/C14H22N4OS/c1-2-20-12-7-3-6-11(12)17-9-10-5-4-8-16-13(10)14(15)18-19/h4-5,8,11-12,17,19H,2-3,6-7,9H2,1H3,(H2,15,18). The van der Waals surface area contributed by atoms with Gasteiger partial charge in [-0.15, -0.1) is 0 Å². The van der Waals surface area contributed by atoms with Crippen molar-refractivity contribution in [2.75, 3.05) is 5.75 Å². The van der Waals surface area contributed by atoms with Crippen LogP contribution in [0.5, 0.6) is 0 Å². The number of nitrogens with zero attached hydrogens (tertiary/aromatic N) is 2. The first-order valence-corrected chi connectivity index (χ1v) is 8.08. The highest BCUT2D eigenvalue weighted by molar-refractivity contribution is 7.99. The number of hydrogen-bond acceptors (Lipinski definition) is 5. The van der Waals surface area contributed by atoms with E-state index in [2.05, 4.69) is 22.4 Å². The molecule has 0 amide bonds. The number of thioether (sulfide) groups is 1. The molecule has 2 unspecified atom stereocenters. The number of aromatic nitrogens is 1. The molecule has 1 heterocycles. The van der Waals surface area contributed by atoms with Gasteiger partial charge in [0.05, 0.1) is 0 Å². The fourth-order valence-electron chi connectivity index (χ4n) is 2.67. The van der Waals surface area contributed by atoms with Crippen molar-refractivity contribution < 1.29 is 5.21 Å². The van der Waals surface area contributed by atoms with E-state index in [4.69, 9.17) is 10.9 Å². The van der Waals surface area contributed by atoms with Gasteiger partial charge in [0.1, 0.15) is 5.69 Å². The summed E-state index contributed by atoms with van der Waals surface area (Å²) in [5, 5.41) is 16.1. The van der Waals surface area contributed by atoms with Crippen LogP contribution in [-0.4, -0.2) is 33.1 Å². The van der Waals surface area contributed by atoms with Crippen LogP contribution in [0.4, 0.5) is 0 Å². The minimum absolute atomic E-state index is 0.0632. The van der Waals surface area contributed by atoms with E-state index >= 15 is 0 Å². The van der Waals surface area contributed by atoms with Crippen molar-refractivity contribution in [2.45, 2.75) is 44.0 Å². The van der Waals surface area contributed by atoms with Crippen LogP contribution in [0.25, 0.3) is 0 Å². The number of rotatable bonds is 6. The number of amidine groups is 1. The molecule has 5 nitrogen and oxygen atoms in total. The Balaban J connectivity index is 2.00. The molecule has 6 heteroatoms. The molecule has 0 aliphatic heterocycles. The monoisotopic (exact) mass is 294 g/mol. The van der Waals surface area contributed by atoms with Gasteiger partial charge >= 0.3 is 0 Å². The van der Waals surface area contributed by atoms with Crippen molar-refractivity contribution in [3.05, 3.63) is 29.6 Å². The maximum absolute atomic E-state index is 8.80. The summed E-state index contributed by atoms with van der Waals surface area (Å²) in [4.78, 5) is 4.19. The Bertz CT molecular complexity index is 466. The van der Waals surface area contributed by atoms with Gasteiger partial charge in [0, 0.05) is 24.0 Å². The van der Waals surface area contributed by atoms with Crippen molar-refractivity contribution in [1.82, 2.24) is 10.3 Å². The quantitative estimate of drug-likeness (QED) is 0.323. The molecule has 1 saturated carbocycles. The van der Waals surface area contributed by atoms with Gasteiger partial charge in [0.2, 0.25) is 0 Å². The summed E-state index contributed by atoms with van der Waals surface area (Å²) >= 11 is 2.03. The molecule has 0 radical (unpaired) electrons. The minimum Gasteiger partial charge on any atom is -0.409 e. The van der Waals surface area contributed by atoms with E-state index in [0.29, 0.717) is 23.5 Å². The smallest absolute Gasteiger partial charge is 0.189 e.